The average molecular weight is 505 g/mol. The van der Waals surface area contributed by atoms with Gasteiger partial charge in [0.05, 0.1) is 25.3 Å². The lowest BCUT2D eigenvalue weighted by molar-refractivity contribution is -0.144. The molecule has 2 aromatic carbocycles. The zero-order valence-electron chi connectivity index (χ0n) is 21.4. The Balaban J connectivity index is 1.66. The van der Waals surface area contributed by atoms with Gasteiger partial charge >= 0.3 is 5.97 Å². The summed E-state index contributed by atoms with van der Waals surface area (Å²) in [6.45, 7) is 5.06. The lowest BCUT2D eigenvalue weighted by Gasteiger charge is -2.30. The number of fused-ring (bicyclic) bond motifs is 1. The zero-order chi connectivity index (χ0) is 26.2. The third-order valence-corrected chi connectivity index (χ3v) is 6.30. The van der Waals surface area contributed by atoms with E-state index in [0.29, 0.717) is 42.2 Å². The maximum absolute atomic E-state index is 13.1. The van der Waals surface area contributed by atoms with Crippen molar-refractivity contribution in [2.75, 3.05) is 20.3 Å². The number of hydrogen-bond donors (Lipinski definition) is 1. The number of pyridine rings is 1. The molecule has 1 unspecified atom stereocenters. The lowest BCUT2D eigenvalue weighted by atomic mass is 10.1. The third kappa shape index (κ3) is 6.39. The highest BCUT2D eigenvalue weighted by Crippen LogP contribution is 2.25. The summed E-state index contributed by atoms with van der Waals surface area (Å²) in [6.07, 6.45) is 1.46. The van der Waals surface area contributed by atoms with Crippen molar-refractivity contribution in [2.24, 2.45) is 0 Å². The van der Waals surface area contributed by atoms with Crippen LogP contribution in [0, 0.1) is 0 Å². The molecule has 2 heterocycles. The molecule has 0 aliphatic rings. The van der Waals surface area contributed by atoms with E-state index in [1.807, 2.05) is 49.4 Å². The molecule has 10 heteroatoms. The molecular formula is C27H32N6O4. The van der Waals surface area contributed by atoms with Gasteiger partial charge in [-0.15, -0.1) is 5.10 Å². The minimum atomic E-state index is -0.400. The van der Waals surface area contributed by atoms with Gasteiger partial charge in [-0.1, -0.05) is 37.3 Å². The number of rotatable bonds is 12. The molecule has 0 radical (unpaired) electrons. The molecule has 2 aromatic heterocycles. The maximum atomic E-state index is 13.1. The highest BCUT2D eigenvalue weighted by molar-refractivity contribution is 5.80. The van der Waals surface area contributed by atoms with Crippen molar-refractivity contribution in [3.63, 3.8) is 0 Å². The average Bonchev–Trinajstić information content (AvgIpc) is 3.35. The van der Waals surface area contributed by atoms with Crippen molar-refractivity contribution >= 4 is 16.9 Å². The summed E-state index contributed by atoms with van der Waals surface area (Å²) in [5.74, 6) is 0.841. The fourth-order valence-electron chi connectivity index (χ4n) is 4.45. The first-order valence-electron chi connectivity index (χ1n) is 12.4. The van der Waals surface area contributed by atoms with Gasteiger partial charge in [0.1, 0.15) is 12.3 Å². The Morgan fingerprint density at radius 1 is 1.14 bits per heavy atom. The zero-order valence-corrected chi connectivity index (χ0v) is 21.4. The van der Waals surface area contributed by atoms with E-state index in [4.69, 9.17) is 9.47 Å². The van der Waals surface area contributed by atoms with E-state index >= 15 is 0 Å². The molecule has 0 aliphatic heterocycles. The van der Waals surface area contributed by atoms with Gasteiger partial charge in [0.2, 0.25) is 0 Å². The second kappa shape index (κ2) is 12.3. The van der Waals surface area contributed by atoms with E-state index in [1.165, 1.54) is 10.2 Å². The van der Waals surface area contributed by atoms with Crippen molar-refractivity contribution in [3.05, 3.63) is 81.9 Å². The Bertz CT molecular complexity index is 1380. The molecule has 1 atom stereocenters. The second-order valence-corrected chi connectivity index (χ2v) is 8.71. The normalized spacial score (nSPS) is 12.1. The number of nitrogens with one attached hydrogen (secondary N) is 1. The first-order chi connectivity index (χ1) is 18.0. The Labute approximate surface area is 215 Å². The van der Waals surface area contributed by atoms with Crippen LogP contribution >= 0.6 is 0 Å². The second-order valence-electron chi connectivity index (χ2n) is 8.71. The number of carbonyl (C=O) groups excluding carboxylic acids is 1. The van der Waals surface area contributed by atoms with E-state index in [9.17, 15) is 9.59 Å². The molecule has 0 fully saturated rings. The van der Waals surface area contributed by atoms with Gasteiger partial charge in [0.15, 0.2) is 5.82 Å². The van der Waals surface area contributed by atoms with Gasteiger partial charge in [-0.3, -0.25) is 14.5 Å². The Hall–Kier alpha value is -4.05. The van der Waals surface area contributed by atoms with Crippen molar-refractivity contribution in [2.45, 2.75) is 45.8 Å². The van der Waals surface area contributed by atoms with Crippen LogP contribution in [-0.2, 0) is 29.0 Å². The van der Waals surface area contributed by atoms with Gasteiger partial charge in [-0.25, -0.2) is 4.68 Å². The van der Waals surface area contributed by atoms with E-state index in [0.717, 1.165) is 11.8 Å². The number of tetrazole rings is 1. The summed E-state index contributed by atoms with van der Waals surface area (Å²) in [4.78, 5) is 30.4. The SMILES string of the molecule is CCOC(=O)Cn1nnnc1C(CC)N(CCc1ccccc1)Cc1cc2ccc(OC)cc2[nH]c1=O. The van der Waals surface area contributed by atoms with Crippen LogP contribution in [0.3, 0.4) is 0 Å². The molecule has 1 N–H and O–H groups in total. The van der Waals surface area contributed by atoms with Crippen LogP contribution in [-0.4, -0.2) is 56.3 Å². The summed E-state index contributed by atoms with van der Waals surface area (Å²) in [5.41, 5.74) is 2.38. The summed E-state index contributed by atoms with van der Waals surface area (Å²) in [6, 6.07) is 17.5. The van der Waals surface area contributed by atoms with Crippen LogP contribution < -0.4 is 10.3 Å². The molecule has 0 spiro atoms. The largest absolute Gasteiger partial charge is 0.497 e. The van der Waals surface area contributed by atoms with Crippen LogP contribution in [0.1, 0.15) is 43.3 Å². The topological polar surface area (TPSA) is 115 Å². The first kappa shape index (κ1) is 26.0. The molecule has 194 valence electrons. The Morgan fingerprint density at radius 2 is 1.95 bits per heavy atom. The van der Waals surface area contributed by atoms with Crippen molar-refractivity contribution in [1.82, 2.24) is 30.1 Å². The van der Waals surface area contributed by atoms with Crippen molar-refractivity contribution in [1.29, 1.82) is 0 Å². The summed E-state index contributed by atoms with van der Waals surface area (Å²) in [5, 5.41) is 13.1. The number of methoxy groups -OCH3 is 1. The predicted octanol–water partition coefficient (Wildman–Crippen LogP) is 3.28. The highest BCUT2D eigenvalue weighted by Gasteiger charge is 2.26. The third-order valence-electron chi connectivity index (χ3n) is 6.30. The molecule has 0 amide bonds. The predicted molar refractivity (Wildman–Crippen MR) is 139 cm³/mol. The number of aromatic amines is 1. The summed E-state index contributed by atoms with van der Waals surface area (Å²) >= 11 is 0. The number of benzene rings is 2. The fraction of sp³-hybridized carbons (Fsp3) is 0.370. The number of aromatic nitrogens is 5. The monoisotopic (exact) mass is 504 g/mol. The Kier molecular flexibility index (Phi) is 8.63. The molecular weight excluding hydrogens is 472 g/mol. The lowest BCUT2D eigenvalue weighted by Crippen LogP contribution is -2.34. The first-order valence-corrected chi connectivity index (χ1v) is 12.4. The van der Waals surface area contributed by atoms with E-state index in [2.05, 4.69) is 37.5 Å². The number of ether oxygens (including phenoxy) is 2. The van der Waals surface area contributed by atoms with E-state index < -0.39 is 5.97 Å². The Morgan fingerprint density at radius 3 is 2.68 bits per heavy atom. The number of esters is 1. The number of nitrogens with zero attached hydrogens (tertiary/aromatic N) is 5. The van der Waals surface area contributed by atoms with E-state index in [-0.39, 0.29) is 24.8 Å². The summed E-state index contributed by atoms with van der Waals surface area (Å²) < 4.78 is 11.9. The molecule has 0 saturated carbocycles. The highest BCUT2D eigenvalue weighted by atomic mass is 16.5. The quantitative estimate of drug-likeness (QED) is 0.292. The number of carbonyl (C=O) groups is 1. The van der Waals surface area contributed by atoms with Gasteiger partial charge in [-0.05, 0) is 59.3 Å². The fourth-order valence-corrected chi connectivity index (χ4v) is 4.45. The molecule has 4 aromatic rings. The van der Waals surface area contributed by atoms with Crippen molar-refractivity contribution in [3.8, 4) is 5.75 Å². The standard InChI is InChI=1S/C27H32N6O4/c1-4-24(26-29-30-31-33(26)18-25(34)37-5-2)32(14-13-19-9-7-6-8-10-19)17-21-15-20-11-12-22(36-3)16-23(20)28-27(21)35/h6-12,15-16,24H,4-5,13-14,17-18H2,1-3H3,(H,28,35). The van der Waals surface area contributed by atoms with Gasteiger partial charge in [-0.2, -0.15) is 0 Å². The minimum Gasteiger partial charge on any atom is -0.497 e. The number of hydrogen-bond acceptors (Lipinski definition) is 8. The molecule has 0 aliphatic carbocycles. The van der Waals surface area contributed by atoms with Crippen LogP contribution in [0.25, 0.3) is 10.9 Å². The van der Waals surface area contributed by atoms with Crippen LogP contribution in [0.5, 0.6) is 5.75 Å². The molecule has 0 bridgehead atoms. The van der Waals surface area contributed by atoms with E-state index in [1.54, 1.807) is 14.0 Å². The van der Waals surface area contributed by atoms with Gasteiger partial charge in [0, 0.05) is 24.7 Å². The van der Waals surface area contributed by atoms with Crippen molar-refractivity contribution < 1.29 is 14.3 Å². The van der Waals surface area contributed by atoms with Crippen LogP contribution in [0.2, 0.25) is 0 Å². The summed E-state index contributed by atoms with van der Waals surface area (Å²) in [7, 11) is 1.60. The minimum absolute atomic E-state index is 0.0718. The van der Waals surface area contributed by atoms with Crippen LogP contribution in [0.15, 0.2) is 59.4 Å². The van der Waals surface area contributed by atoms with Crippen LogP contribution in [0.4, 0.5) is 0 Å². The smallest absolute Gasteiger partial charge is 0.327 e. The molecule has 37 heavy (non-hydrogen) atoms. The molecule has 0 saturated heterocycles. The molecule has 10 nitrogen and oxygen atoms in total. The van der Waals surface area contributed by atoms with Gasteiger partial charge < -0.3 is 14.5 Å². The van der Waals surface area contributed by atoms with Gasteiger partial charge in [0.25, 0.3) is 5.56 Å². The maximum Gasteiger partial charge on any atom is 0.327 e. The molecule has 4 rings (SSSR count). The number of H-pyrrole nitrogens is 1.